The number of aliphatic hydroxyl groups is 1. The number of halogens is 2. The summed E-state index contributed by atoms with van der Waals surface area (Å²) in [5.41, 5.74) is 0.484. The van der Waals surface area contributed by atoms with Crippen LogP contribution in [-0.4, -0.2) is 5.11 Å². The highest BCUT2D eigenvalue weighted by Crippen LogP contribution is 2.14. The Bertz CT molecular complexity index is 345. The van der Waals surface area contributed by atoms with Gasteiger partial charge >= 0.3 is 0 Å². The number of benzene rings is 1. The summed E-state index contributed by atoms with van der Waals surface area (Å²) in [7, 11) is 1.28. The SMILES string of the molecule is OC(C#CSI)c1cccc(F)c1. The van der Waals surface area contributed by atoms with Crippen LogP contribution in [0, 0.1) is 17.0 Å². The molecule has 1 rings (SSSR count). The summed E-state index contributed by atoms with van der Waals surface area (Å²) in [6.45, 7) is 0. The molecule has 1 aromatic carbocycles. The number of hydrogen-bond donors (Lipinski definition) is 1. The van der Waals surface area contributed by atoms with Gasteiger partial charge in [0, 0.05) is 21.2 Å². The van der Waals surface area contributed by atoms with Crippen molar-refractivity contribution < 1.29 is 9.50 Å². The minimum atomic E-state index is -0.905. The molecule has 0 spiro atoms. The van der Waals surface area contributed by atoms with E-state index in [4.69, 9.17) is 0 Å². The van der Waals surface area contributed by atoms with Crippen molar-refractivity contribution in [3.63, 3.8) is 0 Å². The van der Waals surface area contributed by atoms with E-state index in [1.54, 1.807) is 12.1 Å². The Morgan fingerprint density at radius 1 is 1.54 bits per heavy atom. The summed E-state index contributed by atoms with van der Waals surface area (Å²) in [4.78, 5) is 0. The van der Waals surface area contributed by atoms with Gasteiger partial charge in [-0.15, -0.1) is 0 Å². The van der Waals surface area contributed by atoms with Gasteiger partial charge in [0.1, 0.15) is 11.9 Å². The fraction of sp³-hybridized carbons (Fsp3) is 0.111. The Hall–Kier alpha value is -0.250. The Morgan fingerprint density at radius 3 is 2.92 bits per heavy atom. The maximum Gasteiger partial charge on any atom is 0.141 e. The van der Waals surface area contributed by atoms with E-state index in [-0.39, 0.29) is 5.82 Å². The van der Waals surface area contributed by atoms with Gasteiger partial charge in [-0.05, 0) is 31.9 Å². The quantitative estimate of drug-likeness (QED) is 0.636. The summed E-state index contributed by atoms with van der Waals surface area (Å²) in [6.07, 6.45) is -0.905. The van der Waals surface area contributed by atoms with Crippen LogP contribution in [0.3, 0.4) is 0 Å². The molecular weight excluding hydrogens is 302 g/mol. The smallest absolute Gasteiger partial charge is 0.141 e. The summed E-state index contributed by atoms with van der Waals surface area (Å²) in [6, 6.07) is 5.79. The molecule has 0 aliphatic carbocycles. The third kappa shape index (κ3) is 3.55. The van der Waals surface area contributed by atoms with Crippen LogP contribution >= 0.6 is 30.1 Å². The van der Waals surface area contributed by atoms with E-state index in [9.17, 15) is 9.50 Å². The van der Waals surface area contributed by atoms with Crippen LogP contribution in [0.1, 0.15) is 11.7 Å². The monoisotopic (exact) mass is 308 g/mol. The van der Waals surface area contributed by atoms with Gasteiger partial charge in [-0.25, -0.2) is 4.39 Å². The topological polar surface area (TPSA) is 20.2 Å². The van der Waals surface area contributed by atoms with Crippen molar-refractivity contribution in [3.8, 4) is 11.2 Å². The van der Waals surface area contributed by atoms with Crippen LogP contribution in [0.2, 0.25) is 0 Å². The van der Waals surface area contributed by atoms with E-state index >= 15 is 0 Å². The van der Waals surface area contributed by atoms with Gasteiger partial charge in [0.15, 0.2) is 0 Å². The number of hydrogen-bond acceptors (Lipinski definition) is 2. The predicted octanol–water partition coefficient (Wildman–Crippen LogP) is 2.90. The molecule has 0 fully saturated rings. The number of rotatable bonds is 1. The first kappa shape index (κ1) is 10.8. The Morgan fingerprint density at radius 2 is 2.31 bits per heavy atom. The van der Waals surface area contributed by atoms with Crippen LogP contribution in [0.15, 0.2) is 24.3 Å². The standard InChI is InChI=1S/C9H6FIOS/c10-8-3-1-2-7(6-8)9(12)4-5-13-11/h1-3,6,9,12H. The molecule has 0 saturated carbocycles. The molecule has 1 atom stereocenters. The van der Waals surface area contributed by atoms with Crippen molar-refractivity contribution in [2.45, 2.75) is 6.10 Å². The Balaban J connectivity index is 2.82. The zero-order valence-electron chi connectivity index (χ0n) is 6.50. The van der Waals surface area contributed by atoms with Crippen molar-refractivity contribution >= 4 is 30.1 Å². The summed E-state index contributed by atoms with van der Waals surface area (Å²) >= 11 is 2.00. The highest BCUT2D eigenvalue weighted by molar-refractivity contribution is 14.2. The minimum Gasteiger partial charge on any atom is -0.376 e. The average molecular weight is 308 g/mol. The van der Waals surface area contributed by atoms with E-state index in [2.05, 4.69) is 11.2 Å². The first-order valence-electron chi connectivity index (χ1n) is 3.45. The summed E-state index contributed by atoms with van der Waals surface area (Å²) < 4.78 is 12.7. The molecule has 68 valence electrons. The third-order valence-electron chi connectivity index (χ3n) is 1.40. The van der Waals surface area contributed by atoms with Gasteiger partial charge in [-0.3, -0.25) is 0 Å². The molecule has 1 unspecified atom stereocenters. The molecule has 4 heteroatoms. The van der Waals surface area contributed by atoms with Crippen LogP contribution in [-0.2, 0) is 0 Å². The molecule has 0 radical (unpaired) electrons. The molecule has 0 aliphatic rings. The molecule has 0 saturated heterocycles. The molecule has 0 amide bonds. The second-order valence-corrected chi connectivity index (χ2v) is 3.96. The van der Waals surface area contributed by atoms with Crippen molar-refractivity contribution in [2.75, 3.05) is 0 Å². The van der Waals surface area contributed by atoms with Crippen LogP contribution in [0.4, 0.5) is 4.39 Å². The Labute approximate surface area is 92.3 Å². The average Bonchev–Trinajstić information content (AvgIpc) is 2.14. The van der Waals surface area contributed by atoms with Crippen LogP contribution in [0.5, 0.6) is 0 Å². The lowest BCUT2D eigenvalue weighted by atomic mass is 10.1. The van der Waals surface area contributed by atoms with Gasteiger partial charge in [0.05, 0.1) is 0 Å². The van der Waals surface area contributed by atoms with E-state index in [0.717, 1.165) is 0 Å². The fourth-order valence-corrected chi connectivity index (χ4v) is 1.38. The molecular formula is C9H6FIOS. The lowest BCUT2D eigenvalue weighted by molar-refractivity contribution is 0.238. The first-order valence-corrected chi connectivity index (χ1v) is 6.81. The zero-order valence-corrected chi connectivity index (χ0v) is 9.47. The van der Waals surface area contributed by atoms with Crippen molar-refractivity contribution in [2.24, 2.45) is 0 Å². The Kier molecular flexibility index (Phi) is 4.56. The van der Waals surface area contributed by atoms with Gasteiger partial charge in [0.25, 0.3) is 0 Å². The van der Waals surface area contributed by atoms with E-state index in [1.165, 1.54) is 21.1 Å². The molecule has 0 bridgehead atoms. The van der Waals surface area contributed by atoms with Gasteiger partial charge in [0.2, 0.25) is 0 Å². The molecule has 1 N–H and O–H groups in total. The van der Waals surface area contributed by atoms with Crippen LogP contribution in [0.25, 0.3) is 0 Å². The maximum absolute atomic E-state index is 12.7. The zero-order chi connectivity index (χ0) is 9.68. The van der Waals surface area contributed by atoms with Crippen LogP contribution < -0.4 is 0 Å². The molecule has 0 aromatic heterocycles. The molecule has 0 aliphatic heterocycles. The molecule has 1 aromatic rings. The van der Waals surface area contributed by atoms with Crippen molar-refractivity contribution in [3.05, 3.63) is 35.6 Å². The highest BCUT2D eigenvalue weighted by Gasteiger charge is 2.03. The van der Waals surface area contributed by atoms with Gasteiger partial charge in [-0.1, -0.05) is 18.1 Å². The summed E-state index contributed by atoms with van der Waals surface area (Å²) in [5, 5.41) is 12.1. The fourth-order valence-electron chi connectivity index (χ4n) is 0.838. The molecule has 0 heterocycles. The highest BCUT2D eigenvalue weighted by atomic mass is 127. The second kappa shape index (κ2) is 5.47. The van der Waals surface area contributed by atoms with E-state index in [0.29, 0.717) is 5.56 Å². The number of aliphatic hydroxyl groups excluding tert-OH is 1. The predicted molar refractivity (Wildman–Crippen MR) is 60.7 cm³/mol. The third-order valence-corrected chi connectivity index (χ3v) is 2.25. The summed E-state index contributed by atoms with van der Waals surface area (Å²) in [5.74, 6) is 2.21. The van der Waals surface area contributed by atoms with Crippen molar-refractivity contribution in [1.82, 2.24) is 0 Å². The minimum absolute atomic E-state index is 0.361. The lowest BCUT2D eigenvalue weighted by Gasteiger charge is -2.02. The van der Waals surface area contributed by atoms with E-state index < -0.39 is 6.10 Å². The van der Waals surface area contributed by atoms with Gasteiger partial charge in [-0.2, -0.15) is 0 Å². The normalized spacial score (nSPS) is 11.6. The molecule has 1 nitrogen and oxygen atoms in total. The first-order chi connectivity index (χ1) is 6.24. The van der Waals surface area contributed by atoms with Gasteiger partial charge < -0.3 is 5.11 Å². The maximum atomic E-state index is 12.7. The van der Waals surface area contributed by atoms with Crippen molar-refractivity contribution in [1.29, 1.82) is 0 Å². The molecule has 13 heavy (non-hydrogen) atoms. The van der Waals surface area contributed by atoms with E-state index in [1.807, 2.05) is 21.2 Å². The second-order valence-electron chi connectivity index (χ2n) is 2.28. The lowest BCUT2D eigenvalue weighted by Crippen LogP contribution is -1.93. The largest absolute Gasteiger partial charge is 0.376 e.